The molecule has 0 heterocycles. The molecule has 0 saturated carbocycles. The molecule has 3 N–H and O–H groups in total. The fourth-order valence-corrected chi connectivity index (χ4v) is 1.55. The van der Waals surface area contributed by atoms with E-state index in [-0.39, 0.29) is 11.9 Å². The minimum atomic E-state index is -0.0631. The first-order valence-electron chi connectivity index (χ1n) is 5.32. The van der Waals surface area contributed by atoms with Gasteiger partial charge >= 0.3 is 0 Å². The SMILES string of the molecule is C=CCC(C)NC(=O)c1ccc(N)cc1C. The Morgan fingerprint density at radius 2 is 2.31 bits per heavy atom. The summed E-state index contributed by atoms with van der Waals surface area (Å²) in [7, 11) is 0. The first-order valence-corrected chi connectivity index (χ1v) is 5.32. The van der Waals surface area contributed by atoms with E-state index in [4.69, 9.17) is 5.73 Å². The van der Waals surface area contributed by atoms with Gasteiger partial charge < -0.3 is 11.1 Å². The second-order valence-electron chi connectivity index (χ2n) is 3.97. The van der Waals surface area contributed by atoms with E-state index < -0.39 is 0 Å². The minimum absolute atomic E-state index is 0.0631. The second kappa shape index (κ2) is 5.35. The van der Waals surface area contributed by atoms with E-state index in [0.717, 1.165) is 12.0 Å². The van der Waals surface area contributed by atoms with E-state index >= 15 is 0 Å². The lowest BCUT2D eigenvalue weighted by Gasteiger charge is -2.13. The van der Waals surface area contributed by atoms with Crippen molar-refractivity contribution in [3.63, 3.8) is 0 Å². The molecule has 1 aromatic rings. The predicted molar refractivity (Wildman–Crippen MR) is 67.3 cm³/mol. The number of nitrogens with one attached hydrogen (secondary N) is 1. The lowest BCUT2D eigenvalue weighted by molar-refractivity contribution is 0.0940. The number of hydrogen-bond donors (Lipinski definition) is 2. The summed E-state index contributed by atoms with van der Waals surface area (Å²) in [6.07, 6.45) is 2.56. The molecule has 1 aromatic carbocycles. The van der Waals surface area contributed by atoms with Crippen LogP contribution in [0, 0.1) is 6.92 Å². The molecule has 1 unspecified atom stereocenters. The van der Waals surface area contributed by atoms with E-state index in [1.165, 1.54) is 0 Å². The van der Waals surface area contributed by atoms with Crippen LogP contribution in [0.3, 0.4) is 0 Å². The van der Waals surface area contributed by atoms with Crippen molar-refractivity contribution in [2.24, 2.45) is 0 Å². The maximum Gasteiger partial charge on any atom is 0.251 e. The molecule has 0 bridgehead atoms. The molecule has 0 aliphatic carbocycles. The van der Waals surface area contributed by atoms with Crippen molar-refractivity contribution in [2.75, 3.05) is 5.73 Å². The molecule has 0 spiro atoms. The fraction of sp³-hybridized carbons (Fsp3) is 0.308. The van der Waals surface area contributed by atoms with Crippen LogP contribution in [-0.2, 0) is 0 Å². The number of rotatable bonds is 4. The Labute approximate surface area is 96.3 Å². The quantitative estimate of drug-likeness (QED) is 0.601. The molecule has 1 atom stereocenters. The van der Waals surface area contributed by atoms with Crippen molar-refractivity contribution in [2.45, 2.75) is 26.3 Å². The van der Waals surface area contributed by atoms with Gasteiger partial charge in [-0.2, -0.15) is 0 Å². The third kappa shape index (κ3) is 3.12. The number of carbonyl (C=O) groups excluding carboxylic acids is 1. The number of amides is 1. The molecule has 86 valence electrons. The van der Waals surface area contributed by atoms with Crippen LogP contribution in [0.2, 0.25) is 0 Å². The van der Waals surface area contributed by atoms with E-state index in [2.05, 4.69) is 11.9 Å². The highest BCUT2D eigenvalue weighted by molar-refractivity contribution is 5.96. The Bertz CT molecular complexity index is 399. The topological polar surface area (TPSA) is 55.1 Å². The molecule has 0 fully saturated rings. The van der Waals surface area contributed by atoms with Gasteiger partial charge in [0, 0.05) is 17.3 Å². The Morgan fingerprint density at radius 3 is 2.88 bits per heavy atom. The molecule has 1 rings (SSSR count). The number of nitrogen functional groups attached to an aromatic ring is 1. The van der Waals surface area contributed by atoms with Crippen LogP contribution >= 0.6 is 0 Å². The molecule has 16 heavy (non-hydrogen) atoms. The number of anilines is 1. The Morgan fingerprint density at radius 1 is 1.62 bits per heavy atom. The van der Waals surface area contributed by atoms with Crippen molar-refractivity contribution >= 4 is 11.6 Å². The van der Waals surface area contributed by atoms with Crippen molar-refractivity contribution in [1.82, 2.24) is 5.32 Å². The van der Waals surface area contributed by atoms with Gasteiger partial charge in [0.05, 0.1) is 0 Å². The lowest BCUT2D eigenvalue weighted by atomic mass is 10.1. The van der Waals surface area contributed by atoms with Crippen LogP contribution in [0.1, 0.15) is 29.3 Å². The molecule has 0 radical (unpaired) electrons. The maximum atomic E-state index is 11.9. The average Bonchev–Trinajstić information content (AvgIpc) is 2.17. The Kier molecular flexibility index (Phi) is 4.11. The molecule has 0 aliphatic rings. The molecule has 3 nitrogen and oxygen atoms in total. The van der Waals surface area contributed by atoms with E-state index in [9.17, 15) is 4.79 Å². The van der Waals surface area contributed by atoms with Crippen LogP contribution in [0.15, 0.2) is 30.9 Å². The van der Waals surface area contributed by atoms with Crippen LogP contribution < -0.4 is 11.1 Å². The Hall–Kier alpha value is -1.77. The summed E-state index contributed by atoms with van der Waals surface area (Å²) in [6, 6.07) is 5.38. The van der Waals surface area contributed by atoms with Crippen LogP contribution in [0.4, 0.5) is 5.69 Å². The van der Waals surface area contributed by atoms with Gasteiger partial charge in [-0.05, 0) is 44.0 Å². The summed E-state index contributed by atoms with van der Waals surface area (Å²) in [5.74, 6) is -0.0631. The summed E-state index contributed by atoms with van der Waals surface area (Å²) in [5, 5.41) is 2.91. The summed E-state index contributed by atoms with van der Waals surface area (Å²) in [5.41, 5.74) is 7.87. The third-order valence-electron chi connectivity index (χ3n) is 2.39. The van der Waals surface area contributed by atoms with Gasteiger partial charge in [0.25, 0.3) is 5.91 Å². The molecular weight excluding hydrogens is 200 g/mol. The van der Waals surface area contributed by atoms with Crippen LogP contribution in [0.25, 0.3) is 0 Å². The molecule has 0 saturated heterocycles. The highest BCUT2D eigenvalue weighted by atomic mass is 16.1. The molecule has 0 aromatic heterocycles. The minimum Gasteiger partial charge on any atom is -0.399 e. The first-order chi connectivity index (χ1) is 7.54. The van der Waals surface area contributed by atoms with Gasteiger partial charge in [0.2, 0.25) is 0 Å². The highest BCUT2D eigenvalue weighted by Crippen LogP contribution is 2.12. The smallest absolute Gasteiger partial charge is 0.251 e. The van der Waals surface area contributed by atoms with Gasteiger partial charge in [-0.3, -0.25) is 4.79 Å². The third-order valence-corrected chi connectivity index (χ3v) is 2.39. The normalized spacial score (nSPS) is 11.9. The largest absolute Gasteiger partial charge is 0.399 e. The monoisotopic (exact) mass is 218 g/mol. The summed E-state index contributed by atoms with van der Waals surface area (Å²) in [6.45, 7) is 7.47. The first kappa shape index (κ1) is 12.3. The van der Waals surface area contributed by atoms with Gasteiger partial charge in [-0.25, -0.2) is 0 Å². The van der Waals surface area contributed by atoms with Crippen molar-refractivity contribution in [3.8, 4) is 0 Å². The maximum absolute atomic E-state index is 11.9. The van der Waals surface area contributed by atoms with Crippen molar-refractivity contribution in [1.29, 1.82) is 0 Å². The van der Waals surface area contributed by atoms with Gasteiger partial charge in [-0.15, -0.1) is 6.58 Å². The zero-order valence-electron chi connectivity index (χ0n) is 9.79. The van der Waals surface area contributed by atoms with E-state index in [1.807, 2.05) is 13.8 Å². The zero-order valence-corrected chi connectivity index (χ0v) is 9.79. The average molecular weight is 218 g/mol. The van der Waals surface area contributed by atoms with Crippen LogP contribution in [-0.4, -0.2) is 11.9 Å². The second-order valence-corrected chi connectivity index (χ2v) is 3.97. The molecule has 1 amide bonds. The van der Waals surface area contributed by atoms with Gasteiger partial charge in [0.1, 0.15) is 0 Å². The molecule has 3 heteroatoms. The number of carbonyl (C=O) groups is 1. The van der Waals surface area contributed by atoms with Gasteiger partial charge in [-0.1, -0.05) is 6.08 Å². The number of benzene rings is 1. The Balaban J connectivity index is 2.76. The van der Waals surface area contributed by atoms with E-state index in [1.54, 1.807) is 24.3 Å². The van der Waals surface area contributed by atoms with Crippen molar-refractivity contribution in [3.05, 3.63) is 42.0 Å². The molecular formula is C13H18N2O. The van der Waals surface area contributed by atoms with Crippen LogP contribution in [0.5, 0.6) is 0 Å². The number of hydrogen-bond acceptors (Lipinski definition) is 2. The number of nitrogens with two attached hydrogens (primary N) is 1. The predicted octanol–water partition coefficient (Wildman–Crippen LogP) is 2.27. The van der Waals surface area contributed by atoms with E-state index in [0.29, 0.717) is 11.3 Å². The summed E-state index contributed by atoms with van der Waals surface area (Å²) >= 11 is 0. The summed E-state index contributed by atoms with van der Waals surface area (Å²) < 4.78 is 0. The summed E-state index contributed by atoms with van der Waals surface area (Å²) in [4.78, 5) is 11.9. The lowest BCUT2D eigenvalue weighted by Crippen LogP contribution is -2.32. The zero-order chi connectivity index (χ0) is 12.1. The van der Waals surface area contributed by atoms with Crippen molar-refractivity contribution < 1.29 is 4.79 Å². The van der Waals surface area contributed by atoms with Gasteiger partial charge in [0.15, 0.2) is 0 Å². The standard InChI is InChI=1S/C13H18N2O/c1-4-5-10(3)15-13(16)12-7-6-11(14)8-9(12)2/h4,6-8,10H,1,5,14H2,2-3H3,(H,15,16). The fourth-order valence-electron chi connectivity index (χ4n) is 1.55. The molecule has 0 aliphatic heterocycles. The number of aryl methyl sites for hydroxylation is 1. The highest BCUT2D eigenvalue weighted by Gasteiger charge is 2.10.